The molecule has 2 aromatic carbocycles. The molecule has 9 nitrogen and oxygen atoms in total. The molecule has 0 atom stereocenters. The first-order valence-corrected chi connectivity index (χ1v) is 11.4. The normalized spacial score (nSPS) is 10.8. The summed E-state index contributed by atoms with van der Waals surface area (Å²) >= 11 is 0. The minimum absolute atomic E-state index is 0.121. The molecular formula is C25H31N5O4. The molecule has 0 saturated carbocycles. The Bertz CT molecular complexity index is 1080. The van der Waals surface area contributed by atoms with E-state index in [-0.39, 0.29) is 11.6 Å². The SMILES string of the molecule is COCCNc1ccc(C(=O)N(C)CCCCCc2cc(-c3ccccc3)n[nH]2)cc1[N+](=O)[O-]. The maximum absolute atomic E-state index is 12.8. The van der Waals surface area contributed by atoms with E-state index in [9.17, 15) is 14.9 Å². The van der Waals surface area contributed by atoms with E-state index in [0.29, 0.717) is 30.9 Å². The Morgan fingerprint density at radius 3 is 2.68 bits per heavy atom. The molecule has 0 bridgehead atoms. The van der Waals surface area contributed by atoms with Crippen molar-refractivity contribution in [3.63, 3.8) is 0 Å². The molecule has 34 heavy (non-hydrogen) atoms. The molecular weight excluding hydrogens is 434 g/mol. The molecule has 0 aliphatic heterocycles. The molecule has 1 heterocycles. The summed E-state index contributed by atoms with van der Waals surface area (Å²) in [6.45, 7) is 1.45. The minimum Gasteiger partial charge on any atom is -0.383 e. The second-order valence-electron chi connectivity index (χ2n) is 8.09. The standard InChI is InChI=1S/C25H31N5O4/c1-29(25(31)20-12-13-22(26-14-16-34-2)24(17-20)30(32)33)15-8-4-7-11-21-18-23(28-27-21)19-9-5-3-6-10-19/h3,5-6,9-10,12-13,17-18,26H,4,7-8,11,14-16H2,1-2H3,(H,27,28). The summed E-state index contributed by atoms with van der Waals surface area (Å²) in [5.74, 6) is -0.229. The number of ether oxygens (including phenoxy) is 1. The summed E-state index contributed by atoms with van der Waals surface area (Å²) in [5.41, 5.74) is 3.67. The predicted octanol–water partition coefficient (Wildman–Crippen LogP) is 4.53. The number of aryl methyl sites for hydroxylation is 1. The first-order chi connectivity index (χ1) is 16.5. The van der Waals surface area contributed by atoms with Crippen LogP contribution in [0.25, 0.3) is 11.3 Å². The molecule has 180 valence electrons. The molecule has 0 spiro atoms. The van der Waals surface area contributed by atoms with Crippen LogP contribution in [0.4, 0.5) is 11.4 Å². The Kier molecular flexibility index (Phi) is 9.16. The second kappa shape index (κ2) is 12.5. The fourth-order valence-corrected chi connectivity index (χ4v) is 3.66. The minimum atomic E-state index is -0.482. The number of methoxy groups -OCH3 is 1. The Morgan fingerprint density at radius 1 is 1.15 bits per heavy atom. The van der Waals surface area contributed by atoms with Crippen LogP contribution >= 0.6 is 0 Å². The Labute approximate surface area is 199 Å². The van der Waals surface area contributed by atoms with E-state index in [0.717, 1.165) is 42.6 Å². The lowest BCUT2D eigenvalue weighted by molar-refractivity contribution is -0.384. The van der Waals surface area contributed by atoms with E-state index in [1.807, 2.05) is 30.3 Å². The van der Waals surface area contributed by atoms with Gasteiger partial charge in [0.25, 0.3) is 11.6 Å². The molecule has 0 aliphatic rings. The Morgan fingerprint density at radius 2 is 1.94 bits per heavy atom. The number of nitro benzene ring substituents is 1. The lowest BCUT2D eigenvalue weighted by Gasteiger charge is -2.17. The molecule has 0 unspecified atom stereocenters. The lowest BCUT2D eigenvalue weighted by atomic mass is 10.1. The van der Waals surface area contributed by atoms with E-state index in [2.05, 4.69) is 21.6 Å². The Balaban J connectivity index is 1.45. The number of nitrogens with zero attached hydrogens (tertiary/aromatic N) is 3. The zero-order valence-electron chi connectivity index (χ0n) is 19.6. The van der Waals surface area contributed by atoms with Crippen molar-refractivity contribution in [1.82, 2.24) is 15.1 Å². The van der Waals surface area contributed by atoms with Gasteiger partial charge < -0.3 is 15.0 Å². The van der Waals surface area contributed by atoms with Crippen molar-refractivity contribution in [3.8, 4) is 11.3 Å². The first kappa shape index (κ1) is 24.9. The lowest BCUT2D eigenvalue weighted by Crippen LogP contribution is -2.27. The van der Waals surface area contributed by atoms with Gasteiger partial charge in [0.1, 0.15) is 5.69 Å². The molecule has 9 heteroatoms. The van der Waals surface area contributed by atoms with Crippen LogP contribution in [0, 0.1) is 10.1 Å². The topological polar surface area (TPSA) is 113 Å². The number of amides is 1. The maximum Gasteiger partial charge on any atom is 0.293 e. The summed E-state index contributed by atoms with van der Waals surface area (Å²) < 4.78 is 4.96. The van der Waals surface area contributed by atoms with Crippen molar-refractivity contribution >= 4 is 17.3 Å². The average molecular weight is 466 g/mol. The number of anilines is 1. The summed E-state index contributed by atoms with van der Waals surface area (Å²) in [5, 5.41) is 21.9. The van der Waals surface area contributed by atoms with Crippen LogP contribution in [0.5, 0.6) is 0 Å². The number of H-pyrrole nitrogens is 1. The van der Waals surface area contributed by atoms with Crippen molar-refractivity contribution in [2.45, 2.75) is 25.7 Å². The van der Waals surface area contributed by atoms with Gasteiger partial charge in [0, 0.05) is 50.1 Å². The van der Waals surface area contributed by atoms with Crippen molar-refractivity contribution in [3.05, 3.63) is 76.0 Å². The van der Waals surface area contributed by atoms with Crippen LogP contribution in [0.1, 0.15) is 35.3 Å². The largest absolute Gasteiger partial charge is 0.383 e. The molecule has 1 amide bonds. The van der Waals surface area contributed by atoms with Gasteiger partial charge in [0.05, 0.1) is 17.2 Å². The number of rotatable bonds is 13. The number of aromatic nitrogens is 2. The van der Waals surface area contributed by atoms with Crippen LogP contribution in [0.15, 0.2) is 54.6 Å². The number of hydrogen-bond donors (Lipinski definition) is 2. The zero-order chi connectivity index (χ0) is 24.3. The summed E-state index contributed by atoms with van der Waals surface area (Å²) in [7, 11) is 3.28. The Hall–Kier alpha value is -3.72. The highest BCUT2D eigenvalue weighted by atomic mass is 16.6. The third-order valence-corrected chi connectivity index (χ3v) is 5.55. The monoisotopic (exact) mass is 465 g/mol. The second-order valence-corrected chi connectivity index (χ2v) is 8.09. The number of benzene rings is 2. The first-order valence-electron chi connectivity index (χ1n) is 11.4. The zero-order valence-corrected chi connectivity index (χ0v) is 19.6. The fraction of sp³-hybridized carbons (Fsp3) is 0.360. The van der Waals surface area contributed by atoms with Gasteiger partial charge in [-0.05, 0) is 37.5 Å². The molecule has 0 aliphatic carbocycles. The summed E-state index contributed by atoms with van der Waals surface area (Å²) in [6, 6.07) is 16.6. The third kappa shape index (κ3) is 6.89. The molecule has 0 radical (unpaired) electrons. The van der Waals surface area contributed by atoms with Crippen molar-refractivity contribution < 1.29 is 14.5 Å². The molecule has 0 fully saturated rings. The maximum atomic E-state index is 12.8. The van der Waals surface area contributed by atoms with E-state index in [1.54, 1.807) is 31.2 Å². The third-order valence-electron chi connectivity index (χ3n) is 5.55. The van der Waals surface area contributed by atoms with Crippen LogP contribution in [0.2, 0.25) is 0 Å². The molecule has 0 saturated heterocycles. The van der Waals surface area contributed by atoms with Gasteiger partial charge in [0.15, 0.2) is 0 Å². The highest BCUT2D eigenvalue weighted by Crippen LogP contribution is 2.26. The molecule has 2 N–H and O–H groups in total. The number of carbonyl (C=O) groups is 1. The van der Waals surface area contributed by atoms with Crippen molar-refractivity contribution in [2.75, 3.05) is 39.2 Å². The molecule has 3 rings (SSSR count). The fourth-order valence-electron chi connectivity index (χ4n) is 3.66. The van der Waals surface area contributed by atoms with Crippen molar-refractivity contribution in [1.29, 1.82) is 0 Å². The van der Waals surface area contributed by atoms with E-state index >= 15 is 0 Å². The predicted molar refractivity (Wildman–Crippen MR) is 132 cm³/mol. The van der Waals surface area contributed by atoms with Crippen LogP contribution in [-0.4, -0.2) is 59.8 Å². The average Bonchev–Trinajstić information content (AvgIpc) is 3.33. The summed E-state index contributed by atoms with van der Waals surface area (Å²) in [4.78, 5) is 25.3. The van der Waals surface area contributed by atoms with E-state index in [4.69, 9.17) is 4.74 Å². The molecule has 3 aromatic rings. The van der Waals surface area contributed by atoms with Crippen LogP contribution in [0.3, 0.4) is 0 Å². The van der Waals surface area contributed by atoms with Crippen LogP contribution in [-0.2, 0) is 11.2 Å². The highest BCUT2D eigenvalue weighted by molar-refractivity contribution is 5.95. The van der Waals surface area contributed by atoms with Gasteiger partial charge in [-0.3, -0.25) is 20.0 Å². The smallest absolute Gasteiger partial charge is 0.293 e. The number of aromatic amines is 1. The molecule has 1 aromatic heterocycles. The van der Waals surface area contributed by atoms with Crippen molar-refractivity contribution in [2.24, 2.45) is 0 Å². The highest BCUT2D eigenvalue weighted by Gasteiger charge is 2.19. The van der Waals surface area contributed by atoms with Gasteiger partial charge in [-0.25, -0.2) is 0 Å². The van der Waals surface area contributed by atoms with E-state index in [1.165, 1.54) is 6.07 Å². The number of hydrogen-bond acceptors (Lipinski definition) is 6. The quantitative estimate of drug-likeness (QED) is 0.218. The number of carbonyl (C=O) groups excluding carboxylic acids is 1. The number of nitro groups is 1. The van der Waals surface area contributed by atoms with Gasteiger partial charge >= 0.3 is 0 Å². The van der Waals surface area contributed by atoms with Gasteiger partial charge in [0.2, 0.25) is 0 Å². The van der Waals surface area contributed by atoms with Crippen LogP contribution < -0.4 is 5.32 Å². The number of unbranched alkanes of at least 4 members (excludes halogenated alkanes) is 2. The summed E-state index contributed by atoms with van der Waals surface area (Å²) in [6.07, 6.45) is 3.67. The number of nitrogens with one attached hydrogen (secondary N) is 2. The van der Waals surface area contributed by atoms with E-state index < -0.39 is 4.92 Å². The van der Waals surface area contributed by atoms with Gasteiger partial charge in [-0.1, -0.05) is 36.8 Å². The van der Waals surface area contributed by atoms with Gasteiger partial charge in [-0.2, -0.15) is 5.10 Å². The van der Waals surface area contributed by atoms with Gasteiger partial charge in [-0.15, -0.1) is 0 Å².